The number of amidine groups is 1. The van der Waals surface area contributed by atoms with Gasteiger partial charge in [-0.15, -0.1) is 0 Å². The molecule has 0 saturated carbocycles. The minimum Gasteiger partial charge on any atom is -0.362 e. The largest absolute Gasteiger partial charge is 0.362 e. The van der Waals surface area contributed by atoms with Crippen molar-refractivity contribution in [3.8, 4) is 0 Å². The van der Waals surface area contributed by atoms with Crippen molar-refractivity contribution in [2.75, 3.05) is 14.2 Å². The van der Waals surface area contributed by atoms with E-state index in [1.165, 1.54) is 0 Å². The fraction of sp³-hybridized carbons (Fsp3) is 0.333. The van der Waals surface area contributed by atoms with Crippen molar-refractivity contribution in [3.63, 3.8) is 0 Å². The molecule has 102 valence electrons. The van der Waals surface area contributed by atoms with Gasteiger partial charge < -0.3 is 9.64 Å². The number of ether oxygens (including phenoxy) is 1. The molecule has 0 amide bonds. The van der Waals surface area contributed by atoms with Gasteiger partial charge >= 0.3 is 0 Å². The fourth-order valence-corrected chi connectivity index (χ4v) is 1.55. The van der Waals surface area contributed by atoms with Gasteiger partial charge in [0.1, 0.15) is 12.1 Å². The standard InChI is InChI=1S/C15H21N3O/c1-6-8-12(2)17-15(18(4)13(3)19-5)14-9-7-10-16-11-14/h6-11,13H,1H2,2-5H3/b12-8+,17-15-. The molecule has 0 aliphatic rings. The summed E-state index contributed by atoms with van der Waals surface area (Å²) in [5, 5.41) is 0. The van der Waals surface area contributed by atoms with E-state index in [0.29, 0.717) is 0 Å². The van der Waals surface area contributed by atoms with Gasteiger partial charge in [0.25, 0.3) is 0 Å². The van der Waals surface area contributed by atoms with Crippen molar-refractivity contribution in [1.29, 1.82) is 0 Å². The van der Waals surface area contributed by atoms with E-state index in [0.717, 1.165) is 17.1 Å². The number of allylic oxidation sites excluding steroid dienone is 3. The summed E-state index contributed by atoms with van der Waals surface area (Å²) < 4.78 is 5.34. The second-order valence-electron chi connectivity index (χ2n) is 4.17. The van der Waals surface area contributed by atoms with E-state index in [1.807, 2.05) is 44.0 Å². The smallest absolute Gasteiger partial charge is 0.139 e. The quantitative estimate of drug-likeness (QED) is 0.353. The monoisotopic (exact) mass is 259 g/mol. The van der Waals surface area contributed by atoms with E-state index in [9.17, 15) is 0 Å². The number of aromatic nitrogens is 1. The van der Waals surface area contributed by atoms with E-state index in [1.54, 1.807) is 25.6 Å². The fourth-order valence-electron chi connectivity index (χ4n) is 1.55. The third-order valence-corrected chi connectivity index (χ3v) is 2.78. The molecule has 0 aromatic carbocycles. The molecule has 19 heavy (non-hydrogen) atoms. The minimum absolute atomic E-state index is 0.0736. The Bertz CT molecular complexity index is 466. The van der Waals surface area contributed by atoms with Crippen LogP contribution in [0.25, 0.3) is 0 Å². The van der Waals surface area contributed by atoms with Crippen molar-refractivity contribution in [2.45, 2.75) is 20.1 Å². The summed E-state index contributed by atoms with van der Waals surface area (Å²) in [7, 11) is 3.62. The minimum atomic E-state index is -0.0736. The maximum atomic E-state index is 5.34. The summed E-state index contributed by atoms with van der Waals surface area (Å²) in [6.07, 6.45) is 7.04. The summed E-state index contributed by atoms with van der Waals surface area (Å²) in [5.41, 5.74) is 1.83. The maximum absolute atomic E-state index is 5.34. The number of aliphatic imine (C=N–C) groups is 1. The number of hydrogen-bond acceptors (Lipinski definition) is 3. The molecule has 0 fully saturated rings. The van der Waals surface area contributed by atoms with Gasteiger partial charge in [-0.2, -0.15) is 0 Å². The van der Waals surface area contributed by atoms with Crippen LogP contribution in [0.2, 0.25) is 0 Å². The molecule has 4 nitrogen and oxygen atoms in total. The molecule has 0 spiro atoms. The van der Waals surface area contributed by atoms with Crippen molar-refractivity contribution >= 4 is 5.84 Å². The molecular weight excluding hydrogens is 238 g/mol. The topological polar surface area (TPSA) is 37.7 Å². The van der Waals surface area contributed by atoms with E-state index < -0.39 is 0 Å². The van der Waals surface area contributed by atoms with E-state index in [-0.39, 0.29) is 6.23 Å². The SMILES string of the molecule is C=C/C=C(C)/N=C(/c1cccnc1)N(C)C(C)OC. The number of methoxy groups -OCH3 is 1. The summed E-state index contributed by atoms with van der Waals surface area (Å²) in [4.78, 5) is 10.7. The van der Waals surface area contributed by atoms with Gasteiger partial charge in [-0.25, -0.2) is 4.99 Å². The Labute approximate surface area is 115 Å². The van der Waals surface area contributed by atoms with Gasteiger partial charge in [-0.3, -0.25) is 4.98 Å². The summed E-state index contributed by atoms with van der Waals surface area (Å²) in [5.74, 6) is 0.818. The number of rotatable bonds is 5. The van der Waals surface area contributed by atoms with Crippen LogP contribution < -0.4 is 0 Å². The lowest BCUT2D eigenvalue weighted by Gasteiger charge is -2.27. The van der Waals surface area contributed by atoms with Crippen molar-refractivity contribution in [1.82, 2.24) is 9.88 Å². The number of nitrogens with zero attached hydrogens (tertiary/aromatic N) is 3. The Morgan fingerprint density at radius 1 is 1.58 bits per heavy atom. The summed E-state index contributed by atoms with van der Waals surface area (Å²) in [6.45, 7) is 7.59. The molecule has 1 unspecified atom stereocenters. The van der Waals surface area contributed by atoms with Crippen molar-refractivity contribution in [2.24, 2.45) is 4.99 Å². The lowest BCUT2D eigenvalue weighted by atomic mass is 10.2. The first-order valence-corrected chi connectivity index (χ1v) is 6.14. The molecule has 0 aliphatic heterocycles. The lowest BCUT2D eigenvalue weighted by Crippen LogP contribution is -2.37. The van der Waals surface area contributed by atoms with Crippen molar-refractivity contribution < 1.29 is 4.74 Å². The molecule has 0 bridgehead atoms. The number of hydrogen-bond donors (Lipinski definition) is 0. The Hall–Kier alpha value is -1.94. The highest BCUT2D eigenvalue weighted by Crippen LogP contribution is 2.10. The molecule has 0 saturated heterocycles. The third kappa shape index (κ3) is 4.34. The average Bonchev–Trinajstić information content (AvgIpc) is 2.44. The highest BCUT2D eigenvalue weighted by Gasteiger charge is 2.15. The second-order valence-corrected chi connectivity index (χ2v) is 4.17. The Kier molecular flexibility index (Phi) is 5.96. The molecule has 1 atom stereocenters. The molecule has 1 rings (SSSR count). The summed E-state index contributed by atoms with van der Waals surface area (Å²) >= 11 is 0. The molecular formula is C15H21N3O. The first kappa shape index (κ1) is 15.1. The molecule has 0 radical (unpaired) electrons. The van der Waals surface area contributed by atoms with Crippen LogP contribution in [0.15, 0.2) is 53.9 Å². The highest BCUT2D eigenvalue weighted by molar-refractivity contribution is 5.99. The molecule has 1 aromatic heterocycles. The zero-order chi connectivity index (χ0) is 14.3. The molecule has 4 heteroatoms. The molecule has 0 aliphatic carbocycles. The van der Waals surface area contributed by atoms with Crippen LogP contribution in [-0.4, -0.2) is 36.1 Å². The van der Waals surface area contributed by atoms with Crippen LogP contribution in [-0.2, 0) is 4.74 Å². The second kappa shape index (κ2) is 7.48. The Morgan fingerprint density at radius 3 is 2.84 bits per heavy atom. The van der Waals surface area contributed by atoms with Gasteiger partial charge in [0.05, 0.1) is 0 Å². The highest BCUT2D eigenvalue weighted by atomic mass is 16.5. The number of pyridine rings is 1. The molecule has 0 N–H and O–H groups in total. The zero-order valence-corrected chi connectivity index (χ0v) is 12.0. The zero-order valence-electron chi connectivity index (χ0n) is 12.0. The van der Waals surface area contributed by atoms with Crippen LogP contribution in [0, 0.1) is 0 Å². The van der Waals surface area contributed by atoms with Crippen LogP contribution in [0.3, 0.4) is 0 Å². The van der Waals surface area contributed by atoms with Crippen LogP contribution in [0.4, 0.5) is 0 Å². The lowest BCUT2D eigenvalue weighted by molar-refractivity contribution is 0.0353. The van der Waals surface area contributed by atoms with E-state index in [2.05, 4.69) is 16.6 Å². The Morgan fingerprint density at radius 2 is 2.32 bits per heavy atom. The predicted octanol–water partition coefficient (Wildman–Crippen LogP) is 2.84. The van der Waals surface area contributed by atoms with Crippen molar-refractivity contribution in [3.05, 3.63) is 54.5 Å². The maximum Gasteiger partial charge on any atom is 0.139 e. The third-order valence-electron chi connectivity index (χ3n) is 2.78. The first-order valence-electron chi connectivity index (χ1n) is 6.14. The Balaban J connectivity index is 3.19. The van der Waals surface area contributed by atoms with E-state index in [4.69, 9.17) is 4.74 Å². The normalized spacial score (nSPS) is 14.1. The van der Waals surface area contributed by atoms with Gasteiger partial charge in [0.15, 0.2) is 0 Å². The van der Waals surface area contributed by atoms with Gasteiger partial charge in [0, 0.05) is 37.8 Å². The summed E-state index contributed by atoms with van der Waals surface area (Å²) in [6, 6.07) is 3.87. The van der Waals surface area contributed by atoms with Crippen LogP contribution in [0.1, 0.15) is 19.4 Å². The van der Waals surface area contributed by atoms with Gasteiger partial charge in [0.2, 0.25) is 0 Å². The molecule has 1 heterocycles. The predicted molar refractivity (Wildman–Crippen MR) is 79.0 cm³/mol. The van der Waals surface area contributed by atoms with Crippen LogP contribution in [0.5, 0.6) is 0 Å². The first-order chi connectivity index (χ1) is 9.10. The molecule has 1 aromatic rings. The average molecular weight is 259 g/mol. The van der Waals surface area contributed by atoms with Crippen LogP contribution >= 0.6 is 0 Å². The van der Waals surface area contributed by atoms with E-state index >= 15 is 0 Å². The van der Waals surface area contributed by atoms with Gasteiger partial charge in [-0.1, -0.05) is 12.7 Å². The van der Waals surface area contributed by atoms with Gasteiger partial charge in [-0.05, 0) is 32.1 Å².